The van der Waals surface area contributed by atoms with Crippen LogP contribution in [0.2, 0.25) is 0 Å². The number of rotatable bonds is 4. The summed E-state index contributed by atoms with van der Waals surface area (Å²) in [5, 5.41) is 3.14. The molecule has 1 aromatic rings. The van der Waals surface area contributed by atoms with Crippen LogP contribution in [0.5, 0.6) is 0 Å². The van der Waals surface area contributed by atoms with Crippen molar-refractivity contribution in [3.8, 4) is 0 Å². The predicted octanol–water partition coefficient (Wildman–Crippen LogP) is 1.82. The fourth-order valence-electron chi connectivity index (χ4n) is 4.24. The lowest BCUT2D eigenvalue weighted by Gasteiger charge is -2.42. The third-order valence-corrected chi connectivity index (χ3v) is 5.97. The van der Waals surface area contributed by atoms with Gasteiger partial charge in [0, 0.05) is 37.9 Å². The molecule has 3 aliphatic rings. The molecule has 0 radical (unpaired) electrons. The Morgan fingerprint density at radius 3 is 2.56 bits per heavy atom. The highest BCUT2D eigenvalue weighted by atomic mass is 19.1. The Labute approximate surface area is 159 Å². The van der Waals surface area contributed by atoms with Crippen molar-refractivity contribution < 1.29 is 14.0 Å². The molecular formula is C20H27FN4O2. The number of pyridine rings is 1. The van der Waals surface area contributed by atoms with Gasteiger partial charge in [0.1, 0.15) is 5.82 Å². The number of aromatic nitrogens is 1. The predicted molar refractivity (Wildman–Crippen MR) is 98.6 cm³/mol. The fraction of sp³-hybridized carbons (Fsp3) is 0.650. The van der Waals surface area contributed by atoms with Crippen molar-refractivity contribution in [2.75, 3.05) is 26.2 Å². The lowest BCUT2D eigenvalue weighted by Crippen LogP contribution is -2.51. The quantitative estimate of drug-likeness (QED) is 0.873. The highest BCUT2D eigenvalue weighted by molar-refractivity contribution is 5.94. The summed E-state index contributed by atoms with van der Waals surface area (Å²) >= 11 is 0. The molecule has 1 N–H and O–H groups in total. The van der Waals surface area contributed by atoms with Crippen molar-refractivity contribution in [3.63, 3.8) is 0 Å². The number of likely N-dealkylation sites (tertiary alicyclic amines) is 2. The first-order chi connectivity index (χ1) is 13.1. The van der Waals surface area contributed by atoms with E-state index in [0.29, 0.717) is 30.7 Å². The molecule has 3 heterocycles. The van der Waals surface area contributed by atoms with Crippen LogP contribution in [0.3, 0.4) is 0 Å². The minimum atomic E-state index is -0.487. The first-order valence-electron chi connectivity index (χ1n) is 10.0. The number of carbonyl (C=O) groups is 2. The number of piperidine rings is 2. The summed E-state index contributed by atoms with van der Waals surface area (Å²) in [4.78, 5) is 32.9. The van der Waals surface area contributed by atoms with Gasteiger partial charge in [-0.25, -0.2) is 4.39 Å². The minimum absolute atomic E-state index is 0.0948. The lowest BCUT2D eigenvalue weighted by atomic mass is 9.93. The van der Waals surface area contributed by atoms with Crippen LogP contribution < -0.4 is 5.32 Å². The molecule has 1 saturated carbocycles. The van der Waals surface area contributed by atoms with E-state index < -0.39 is 5.82 Å². The maximum atomic E-state index is 13.3. The third kappa shape index (κ3) is 4.46. The smallest absolute Gasteiger partial charge is 0.255 e. The average molecular weight is 374 g/mol. The summed E-state index contributed by atoms with van der Waals surface area (Å²) in [7, 11) is 0. The van der Waals surface area contributed by atoms with E-state index in [2.05, 4.69) is 15.2 Å². The summed E-state index contributed by atoms with van der Waals surface area (Å²) < 4.78 is 13.3. The van der Waals surface area contributed by atoms with Gasteiger partial charge in [-0.1, -0.05) is 0 Å². The molecule has 2 saturated heterocycles. The van der Waals surface area contributed by atoms with Crippen LogP contribution in [-0.2, 0) is 4.79 Å². The summed E-state index contributed by atoms with van der Waals surface area (Å²) in [6, 6.07) is 2.07. The van der Waals surface area contributed by atoms with Gasteiger partial charge in [0.15, 0.2) is 0 Å². The summed E-state index contributed by atoms with van der Waals surface area (Å²) in [5.41, 5.74) is 0.309. The molecule has 7 heteroatoms. The van der Waals surface area contributed by atoms with Gasteiger partial charge in [0.25, 0.3) is 5.91 Å². The molecule has 0 bridgehead atoms. The Kier molecular flexibility index (Phi) is 5.38. The molecule has 1 aliphatic carbocycles. The zero-order chi connectivity index (χ0) is 18.8. The Morgan fingerprint density at radius 1 is 1.07 bits per heavy atom. The topological polar surface area (TPSA) is 65.5 Å². The lowest BCUT2D eigenvalue weighted by molar-refractivity contribution is -0.127. The number of nitrogens with one attached hydrogen (secondary N) is 1. The molecule has 3 fully saturated rings. The average Bonchev–Trinajstić information content (AvgIpc) is 3.51. The second-order valence-corrected chi connectivity index (χ2v) is 8.03. The highest BCUT2D eigenvalue weighted by Gasteiger charge is 2.34. The van der Waals surface area contributed by atoms with E-state index in [0.717, 1.165) is 57.8 Å². The number of hydrogen-bond acceptors (Lipinski definition) is 4. The Hall–Kier alpha value is -2.02. The molecule has 1 unspecified atom stereocenters. The Balaban J connectivity index is 1.29. The number of amides is 2. The first kappa shape index (κ1) is 18.3. The standard InChI is InChI=1S/C20H27FN4O2/c21-16-10-15(11-22-12-16)20(27)24-8-5-18(6-9-24)25-7-1-2-14(13-25)19(26)23-17-3-4-17/h10-12,14,17-18H,1-9,13H2,(H,23,26). The zero-order valence-electron chi connectivity index (χ0n) is 15.6. The highest BCUT2D eigenvalue weighted by Crippen LogP contribution is 2.26. The van der Waals surface area contributed by atoms with Crippen molar-refractivity contribution >= 4 is 11.8 Å². The molecule has 4 rings (SSSR count). The van der Waals surface area contributed by atoms with E-state index in [1.54, 1.807) is 4.90 Å². The van der Waals surface area contributed by atoms with Gasteiger partial charge in [-0.15, -0.1) is 0 Å². The van der Waals surface area contributed by atoms with Gasteiger partial charge in [-0.2, -0.15) is 0 Å². The Bertz CT molecular complexity index is 701. The Morgan fingerprint density at radius 2 is 1.85 bits per heavy atom. The van der Waals surface area contributed by atoms with Crippen LogP contribution in [0, 0.1) is 11.7 Å². The molecule has 6 nitrogen and oxygen atoms in total. The molecular weight excluding hydrogens is 347 g/mol. The molecule has 27 heavy (non-hydrogen) atoms. The molecule has 2 aliphatic heterocycles. The summed E-state index contributed by atoms with van der Waals surface area (Å²) in [6.07, 6.45) is 8.58. The van der Waals surface area contributed by atoms with Crippen molar-refractivity contribution in [1.82, 2.24) is 20.1 Å². The van der Waals surface area contributed by atoms with Gasteiger partial charge >= 0.3 is 0 Å². The number of hydrogen-bond donors (Lipinski definition) is 1. The molecule has 0 spiro atoms. The number of halogens is 1. The maximum Gasteiger partial charge on any atom is 0.255 e. The van der Waals surface area contributed by atoms with E-state index in [1.807, 2.05) is 0 Å². The number of carbonyl (C=O) groups excluding carboxylic acids is 2. The van der Waals surface area contributed by atoms with E-state index in [1.165, 1.54) is 12.3 Å². The second-order valence-electron chi connectivity index (χ2n) is 8.03. The zero-order valence-corrected chi connectivity index (χ0v) is 15.6. The van der Waals surface area contributed by atoms with E-state index in [-0.39, 0.29) is 17.7 Å². The van der Waals surface area contributed by atoms with E-state index >= 15 is 0 Å². The normalized spacial score (nSPS) is 24.6. The fourth-order valence-corrected chi connectivity index (χ4v) is 4.24. The van der Waals surface area contributed by atoms with E-state index in [4.69, 9.17) is 0 Å². The van der Waals surface area contributed by atoms with Crippen LogP contribution in [0.15, 0.2) is 18.5 Å². The van der Waals surface area contributed by atoms with Crippen molar-refractivity contribution in [2.45, 2.75) is 50.6 Å². The van der Waals surface area contributed by atoms with Crippen molar-refractivity contribution in [2.24, 2.45) is 5.92 Å². The van der Waals surface area contributed by atoms with E-state index in [9.17, 15) is 14.0 Å². The second kappa shape index (κ2) is 7.92. The van der Waals surface area contributed by atoms with Gasteiger partial charge in [-0.05, 0) is 51.1 Å². The number of nitrogens with zero attached hydrogens (tertiary/aromatic N) is 3. The summed E-state index contributed by atoms with van der Waals surface area (Å²) in [6.45, 7) is 3.18. The van der Waals surface area contributed by atoms with Gasteiger partial charge in [-0.3, -0.25) is 19.5 Å². The van der Waals surface area contributed by atoms with Crippen LogP contribution in [0.25, 0.3) is 0 Å². The summed E-state index contributed by atoms with van der Waals surface area (Å²) in [5.74, 6) is -0.328. The minimum Gasteiger partial charge on any atom is -0.353 e. The molecule has 0 aromatic carbocycles. The molecule has 146 valence electrons. The monoisotopic (exact) mass is 374 g/mol. The van der Waals surface area contributed by atoms with Gasteiger partial charge < -0.3 is 10.2 Å². The van der Waals surface area contributed by atoms with Crippen molar-refractivity contribution in [1.29, 1.82) is 0 Å². The van der Waals surface area contributed by atoms with Crippen molar-refractivity contribution in [3.05, 3.63) is 29.8 Å². The van der Waals surface area contributed by atoms with Crippen LogP contribution in [0.1, 0.15) is 48.9 Å². The largest absolute Gasteiger partial charge is 0.353 e. The SMILES string of the molecule is O=C(NC1CC1)C1CCCN(C2CCN(C(=O)c3cncc(F)c3)CC2)C1. The van der Waals surface area contributed by atoms with Crippen LogP contribution in [-0.4, -0.2) is 64.9 Å². The molecule has 1 atom stereocenters. The molecule has 2 amide bonds. The van der Waals surface area contributed by atoms with Gasteiger partial charge in [0.2, 0.25) is 5.91 Å². The third-order valence-electron chi connectivity index (χ3n) is 5.97. The first-order valence-corrected chi connectivity index (χ1v) is 10.0. The van der Waals surface area contributed by atoms with Crippen LogP contribution >= 0.6 is 0 Å². The molecule has 1 aromatic heterocycles. The van der Waals surface area contributed by atoms with Gasteiger partial charge in [0.05, 0.1) is 17.7 Å². The van der Waals surface area contributed by atoms with Crippen LogP contribution in [0.4, 0.5) is 4.39 Å². The maximum absolute atomic E-state index is 13.3.